The summed E-state index contributed by atoms with van der Waals surface area (Å²) in [6.07, 6.45) is 1.56. The van der Waals surface area contributed by atoms with Crippen LogP contribution in [0.15, 0.2) is 29.8 Å². The standard InChI is InChI=1S/C16H16N2O3S/c1-9(2)11-6-10(4-5-14(11)21-3)13-8-22-16-17-12(15(19)20)7-18(13)16/h4-9H,1-3H3,(H,19,20). The highest BCUT2D eigenvalue weighted by molar-refractivity contribution is 7.15. The van der Waals surface area contributed by atoms with Gasteiger partial charge in [0.2, 0.25) is 0 Å². The van der Waals surface area contributed by atoms with Crippen LogP contribution in [0.2, 0.25) is 0 Å². The average Bonchev–Trinajstić information content (AvgIpc) is 3.06. The van der Waals surface area contributed by atoms with Crippen LogP contribution in [0.5, 0.6) is 5.75 Å². The van der Waals surface area contributed by atoms with Crippen LogP contribution < -0.4 is 4.74 Å². The van der Waals surface area contributed by atoms with E-state index in [0.29, 0.717) is 10.9 Å². The molecule has 0 fully saturated rings. The lowest BCUT2D eigenvalue weighted by Gasteiger charge is -2.13. The average molecular weight is 316 g/mol. The maximum atomic E-state index is 11.1. The molecule has 0 bridgehead atoms. The van der Waals surface area contributed by atoms with Gasteiger partial charge < -0.3 is 9.84 Å². The van der Waals surface area contributed by atoms with Crippen LogP contribution in [0.1, 0.15) is 35.8 Å². The molecule has 1 N–H and O–H groups in total. The van der Waals surface area contributed by atoms with E-state index in [1.807, 2.05) is 21.9 Å². The van der Waals surface area contributed by atoms with Gasteiger partial charge in [0.25, 0.3) is 0 Å². The molecule has 3 aromatic rings. The summed E-state index contributed by atoms with van der Waals surface area (Å²) in [7, 11) is 1.67. The maximum Gasteiger partial charge on any atom is 0.356 e. The lowest BCUT2D eigenvalue weighted by molar-refractivity contribution is 0.0691. The summed E-state index contributed by atoms with van der Waals surface area (Å²) in [6, 6.07) is 6.02. The summed E-state index contributed by atoms with van der Waals surface area (Å²) < 4.78 is 7.23. The number of thiazole rings is 1. The smallest absolute Gasteiger partial charge is 0.356 e. The van der Waals surface area contributed by atoms with E-state index in [0.717, 1.165) is 22.6 Å². The van der Waals surface area contributed by atoms with E-state index in [-0.39, 0.29) is 5.69 Å². The minimum Gasteiger partial charge on any atom is -0.496 e. The van der Waals surface area contributed by atoms with Gasteiger partial charge in [-0.2, -0.15) is 0 Å². The van der Waals surface area contributed by atoms with Crippen molar-refractivity contribution in [2.24, 2.45) is 0 Å². The van der Waals surface area contributed by atoms with Crippen molar-refractivity contribution in [2.75, 3.05) is 7.11 Å². The van der Waals surface area contributed by atoms with Crippen molar-refractivity contribution in [3.63, 3.8) is 0 Å². The number of aromatic carboxylic acids is 1. The summed E-state index contributed by atoms with van der Waals surface area (Å²) in [4.78, 5) is 15.8. The van der Waals surface area contributed by atoms with Crippen LogP contribution in [-0.4, -0.2) is 27.6 Å². The van der Waals surface area contributed by atoms with Crippen molar-refractivity contribution in [2.45, 2.75) is 19.8 Å². The van der Waals surface area contributed by atoms with Crippen molar-refractivity contribution in [3.05, 3.63) is 41.0 Å². The molecular weight excluding hydrogens is 300 g/mol. The van der Waals surface area contributed by atoms with Gasteiger partial charge in [-0.25, -0.2) is 9.78 Å². The summed E-state index contributed by atoms with van der Waals surface area (Å²) in [6.45, 7) is 4.23. The molecule has 114 valence electrons. The number of benzene rings is 1. The SMILES string of the molecule is COc1ccc(-c2csc3nc(C(=O)O)cn23)cc1C(C)C. The van der Waals surface area contributed by atoms with Gasteiger partial charge in [-0.15, -0.1) is 11.3 Å². The van der Waals surface area contributed by atoms with E-state index < -0.39 is 5.97 Å². The van der Waals surface area contributed by atoms with Crippen molar-refractivity contribution < 1.29 is 14.6 Å². The molecule has 0 amide bonds. The molecule has 1 aromatic carbocycles. The van der Waals surface area contributed by atoms with Crippen LogP contribution in [-0.2, 0) is 0 Å². The van der Waals surface area contributed by atoms with Gasteiger partial charge in [0, 0.05) is 11.6 Å². The Bertz CT molecular complexity index is 848. The lowest BCUT2D eigenvalue weighted by atomic mass is 9.98. The molecule has 0 spiro atoms. The molecular formula is C16H16N2O3S. The monoisotopic (exact) mass is 316 g/mol. The zero-order valence-corrected chi connectivity index (χ0v) is 13.3. The molecule has 2 heterocycles. The number of carboxylic acids is 1. The molecule has 0 radical (unpaired) electrons. The van der Waals surface area contributed by atoms with Crippen LogP contribution in [0.25, 0.3) is 16.2 Å². The van der Waals surface area contributed by atoms with Crippen molar-refractivity contribution in [1.82, 2.24) is 9.38 Å². The number of imidazole rings is 1. The second-order valence-corrected chi connectivity index (χ2v) is 6.15. The largest absolute Gasteiger partial charge is 0.496 e. The number of fused-ring (bicyclic) bond motifs is 1. The van der Waals surface area contributed by atoms with Crippen molar-refractivity contribution in [3.8, 4) is 17.0 Å². The molecule has 2 aromatic heterocycles. The van der Waals surface area contributed by atoms with E-state index in [2.05, 4.69) is 24.9 Å². The van der Waals surface area contributed by atoms with E-state index in [9.17, 15) is 4.79 Å². The molecule has 0 aliphatic carbocycles. The number of methoxy groups -OCH3 is 1. The number of carboxylic acid groups (broad SMARTS) is 1. The zero-order chi connectivity index (χ0) is 15.9. The number of ether oxygens (including phenoxy) is 1. The van der Waals surface area contributed by atoms with Gasteiger partial charge in [-0.3, -0.25) is 4.40 Å². The fraction of sp³-hybridized carbons (Fsp3) is 0.250. The van der Waals surface area contributed by atoms with Crippen LogP contribution in [0.4, 0.5) is 0 Å². The number of carbonyl (C=O) groups is 1. The van der Waals surface area contributed by atoms with Gasteiger partial charge in [0.1, 0.15) is 5.75 Å². The number of rotatable bonds is 4. The first kappa shape index (κ1) is 14.6. The lowest BCUT2D eigenvalue weighted by Crippen LogP contribution is -1.96. The number of aromatic nitrogens is 2. The first-order valence-electron chi connectivity index (χ1n) is 6.89. The second kappa shape index (κ2) is 5.46. The molecule has 22 heavy (non-hydrogen) atoms. The first-order valence-corrected chi connectivity index (χ1v) is 7.77. The summed E-state index contributed by atoms with van der Waals surface area (Å²) >= 11 is 1.43. The second-order valence-electron chi connectivity index (χ2n) is 5.32. The fourth-order valence-electron chi connectivity index (χ4n) is 2.44. The quantitative estimate of drug-likeness (QED) is 0.793. The molecule has 3 rings (SSSR count). The summed E-state index contributed by atoms with van der Waals surface area (Å²) in [5.74, 6) is 0.183. The van der Waals surface area contributed by atoms with Gasteiger partial charge in [-0.05, 0) is 35.2 Å². The summed E-state index contributed by atoms with van der Waals surface area (Å²) in [5, 5.41) is 11.0. The van der Waals surface area contributed by atoms with E-state index in [1.165, 1.54) is 11.3 Å². The minimum atomic E-state index is -1.01. The predicted octanol–water partition coefficient (Wildman–Crippen LogP) is 3.89. The normalized spacial score (nSPS) is 11.3. The molecule has 0 atom stereocenters. The van der Waals surface area contributed by atoms with E-state index in [1.54, 1.807) is 13.3 Å². The van der Waals surface area contributed by atoms with Crippen molar-refractivity contribution >= 4 is 22.3 Å². The highest BCUT2D eigenvalue weighted by Gasteiger charge is 2.15. The highest BCUT2D eigenvalue weighted by Crippen LogP contribution is 2.33. The Kier molecular flexibility index (Phi) is 3.62. The Hall–Kier alpha value is -2.34. The van der Waals surface area contributed by atoms with Gasteiger partial charge in [0.15, 0.2) is 10.7 Å². The Balaban J connectivity index is 2.14. The molecule has 0 aliphatic heterocycles. The van der Waals surface area contributed by atoms with Gasteiger partial charge in [0.05, 0.1) is 12.8 Å². The third-order valence-corrected chi connectivity index (χ3v) is 4.42. The molecule has 5 nitrogen and oxygen atoms in total. The molecule has 6 heteroatoms. The third kappa shape index (κ3) is 2.35. The number of hydrogen-bond donors (Lipinski definition) is 1. The first-order chi connectivity index (χ1) is 10.5. The number of nitrogens with zero attached hydrogens (tertiary/aromatic N) is 2. The maximum absolute atomic E-state index is 11.1. The summed E-state index contributed by atoms with van der Waals surface area (Å²) in [5.41, 5.74) is 3.14. The molecule has 0 saturated heterocycles. The highest BCUT2D eigenvalue weighted by atomic mass is 32.1. The zero-order valence-electron chi connectivity index (χ0n) is 12.5. The Morgan fingerprint density at radius 1 is 1.41 bits per heavy atom. The molecule has 0 saturated carbocycles. The van der Waals surface area contributed by atoms with E-state index >= 15 is 0 Å². The van der Waals surface area contributed by atoms with Gasteiger partial charge in [-0.1, -0.05) is 13.8 Å². The Morgan fingerprint density at radius 3 is 2.82 bits per heavy atom. The topological polar surface area (TPSA) is 63.8 Å². The third-order valence-electron chi connectivity index (χ3n) is 3.58. The van der Waals surface area contributed by atoms with Gasteiger partial charge >= 0.3 is 5.97 Å². The van der Waals surface area contributed by atoms with Crippen LogP contribution in [0, 0.1) is 0 Å². The number of hydrogen-bond acceptors (Lipinski definition) is 4. The fourth-order valence-corrected chi connectivity index (χ4v) is 3.32. The predicted molar refractivity (Wildman–Crippen MR) is 86.1 cm³/mol. The minimum absolute atomic E-state index is 0.0608. The van der Waals surface area contributed by atoms with Crippen molar-refractivity contribution in [1.29, 1.82) is 0 Å². The molecule has 0 aliphatic rings. The van der Waals surface area contributed by atoms with Crippen LogP contribution >= 0.6 is 11.3 Å². The van der Waals surface area contributed by atoms with E-state index in [4.69, 9.17) is 9.84 Å². The Labute approximate surface area is 131 Å². The van der Waals surface area contributed by atoms with Crippen LogP contribution in [0.3, 0.4) is 0 Å². The Morgan fingerprint density at radius 2 is 2.18 bits per heavy atom. The molecule has 0 unspecified atom stereocenters.